The Morgan fingerprint density at radius 3 is 2.75 bits per heavy atom. The zero-order valence-corrected chi connectivity index (χ0v) is 10.5. The number of aryl methyl sites for hydroxylation is 1. The van der Waals surface area contributed by atoms with Crippen molar-refractivity contribution in [3.8, 4) is 11.4 Å². The minimum atomic E-state index is -1.04. The van der Waals surface area contributed by atoms with E-state index in [0.717, 1.165) is 0 Å². The molecule has 6 heteroatoms. The fourth-order valence-corrected chi connectivity index (χ4v) is 1.95. The van der Waals surface area contributed by atoms with Gasteiger partial charge in [-0.1, -0.05) is 12.1 Å². The monoisotopic (exact) mass is 271 g/mol. The zero-order valence-electron chi connectivity index (χ0n) is 10.5. The van der Waals surface area contributed by atoms with Crippen LogP contribution in [-0.4, -0.2) is 25.7 Å². The highest BCUT2D eigenvalue weighted by Gasteiger charge is 2.12. The summed E-state index contributed by atoms with van der Waals surface area (Å²) in [5, 5.41) is 16.9. The van der Waals surface area contributed by atoms with Crippen molar-refractivity contribution in [2.45, 2.75) is 6.92 Å². The third-order valence-electron chi connectivity index (χ3n) is 3.08. The van der Waals surface area contributed by atoms with Crippen molar-refractivity contribution in [3.63, 3.8) is 0 Å². The smallest absolute Gasteiger partial charge is 0.337 e. The van der Waals surface area contributed by atoms with Gasteiger partial charge < -0.3 is 5.11 Å². The second-order valence-corrected chi connectivity index (χ2v) is 4.44. The highest BCUT2D eigenvalue weighted by Crippen LogP contribution is 2.21. The van der Waals surface area contributed by atoms with Crippen molar-refractivity contribution in [3.05, 3.63) is 53.5 Å². The lowest BCUT2D eigenvalue weighted by atomic mass is 10.1. The fraction of sp³-hybridized carbons (Fsp3) is 0.0714. The molecule has 1 aromatic carbocycles. The summed E-state index contributed by atoms with van der Waals surface area (Å²) in [5.41, 5.74) is 1.70. The second-order valence-electron chi connectivity index (χ2n) is 4.44. The van der Waals surface area contributed by atoms with Crippen LogP contribution < -0.4 is 0 Å². The zero-order chi connectivity index (χ0) is 14.3. The van der Waals surface area contributed by atoms with Gasteiger partial charge in [-0.3, -0.25) is 4.40 Å². The molecule has 0 amide bonds. The Bertz CT molecular complexity index is 826. The number of rotatable bonds is 2. The number of aromatic nitrogens is 3. The molecule has 1 N–H and O–H groups in total. The number of aromatic carboxylic acids is 1. The second kappa shape index (κ2) is 4.41. The largest absolute Gasteiger partial charge is 0.478 e. The van der Waals surface area contributed by atoms with Crippen LogP contribution in [0.25, 0.3) is 17.0 Å². The molecular weight excluding hydrogens is 261 g/mol. The predicted octanol–water partition coefficient (Wildman–Crippen LogP) is 2.54. The van der Waals surface area contributed by atoms with E-state index in [1.165, 1.54) is 22.7 Å². The van der Waals surface area contributed by atoms with Crippen molar-refractivity contribution >= 4 is 11.6 Å². The summed E-state index contributed by atoms with van der Waals surface area (Å²) in [6, 6.07) is 7.74. The molecule has 0 atom stereocenters. The number of benzene rings is 1. The Hall–Kier alpha value is -2.76. The molecule has 0 bridgehead atoms. The van der Waals surface area contributed by atoms with Gasteiger partial charge in [0.2, 0.25) is 0 Å². The van der Waals surface area contributed by atoms with Crippen LogP contribution in [0.5, 0.6) is 0 Å². The van der Waals surface area contributed by atoms with Gasteiger partial charge in [-0.25, -0.2) is 9.18 Å². The van der Waals surface area contributed by atoms with E-state index in [1.54, 1.807) is 25.1 Å². The Balaban J connectivity index is 2.22. The molecule has 0 spiro atoms. The minimum absolute atomic E-state index is 0.117. The maximum atomic E-state index is 13.6. The lowest BCUT2D eigenvalue weighted by Gasteiger charge is -2.03. The normalized spacial score (nSPS) is 10.9. The van der Waals surface area contributed by atoms with Gasteiger partial charge in [-0.05, 0) is 30.7 Å². The van der Waals surface area contributed by atoms with Crippen molar-refractivity contribution in [2.75, 3.05) is 0 Å². The van der Waals surface area contributed by atoms with Crippen LogP contribution >= 0.6 is 0 Å². The lowest BCUT2D eigenvalue weighted by Crippen LogP contribution is -1.99. The van der Waals surface area contributed by atoms with Gasteiger partial charge in [0.05, 0.1) is 5.56 Å². The first-order valence-electron chi connectivity index (χ1n) is 5.91. The first kappa shape index (κ1) is 12.3. The molecular formula is C14H10FN3O2. The Labute approximate surface area is 113 Å². The van der Waals surface area contributed by atoms with Crippen LogP contribution in [0, 0.1) is 12.7 Å². The maximum absolute atomic E-state index is 13.6. The highest BCUT2D eigenvalue weighted by molar-refractivity contribution is 5.87. The van der Waals surface area contributed by atoms with E-state index in [-0.39, 0.29) is 11.4 Å². The number of pyridine rings is 1. The molecule has 3 rings (SSSR count). The number of nitrogens with zero attached hydrogens (tertiary/aromatic N) is 3. The fourth-order valence-electron chi connectivity index (χ4n) is 1.95. The summed E-state index contributed by atoms with van der Waals surface area (Å²) in [6.07, 6.45) is 1.42. The van der Waals surface area contributed by atoms with E-state index in [0.29, 0.717) is 22.6 Å². The average molecular weight is 271 g/mol. The van der Waals surface area contributed by atoms with Crippen LogP contribution in [0.2, 0.25) is 0 Å². The quantitative estimate of drug-likeness (QED) is 0.777. The molecule has 0 aliphatic heterocycles. The summed E-state index contributed by atoms with van der Waals surface area (Å²) in [5.74, 6) is -0.975. The molecule has 2 heterocycles. The van der Waals surface area contributed by atoms with Gasteiger partial charge in [0.25, 0.3) is 0 Å². The predicted molar refractivity (Wildman–Crippen MR) is 70.1 cm³/mol. The van der Waals surface area contributed by atoms with Crippen LogP contribution in [0.3, 0.4) is 0 Å². The van der Waals surface area contributed by atoms with Crippen molar-refractivity contribution in [2.24, 2.45) is 0 Å². The van der Waals surface area contributed by atoms with Gasteiger partial charge in [0, 0.05) is 11.8 Å². The van der Waals surface area contributed by atoms with Crippen LogP contribution in [0.15, 0.2) is 36.5 Å². The molecule has 2 aromatic heterocycles. The third kappa shape index (κ3) is 1.91. The van der Waals surface area contributed by atoms with E-state index in [9.17, 15) is 9.18 Å². The molecule has 5 nitrogen and oxygen atoms in total. The number of carboxylic acid groups (broad SMARTS) is 1. The summed E-state index contributed by atoms with van der Waals surface area (Å²) in [7, 11) is 0. The average Bonchev–Trinajstić information content (AvgIpc) is 2.84. The van der Waals surface area contributed by atoms with Gasteiger partial charge in [-0.2, -0.15) is 0 Å². The molecule has 20 heavy (non-hydrogen) atoms. The SMILES string of the molecule is Cc1ccc(-c2nnc3ccc(C(=O)O)cn23)cc1F. The van der Waals surface area contributed by atoms with Gasteiger partial charge in [0.1, 0.15) is 5.82 Å². The highest BCUT2D eigenvalue weighted by atomic mass is 19.1. The Morgan fingerprint density at radius 1 is 1.25 bits per heavy atom. The standard InChI is InChI=1S/C14H10FN3O2/c1-8-2-3-9(6-11(8)15)13-17-16-12-5-4-10(14(19)20)7-18(12)13/h2-7H,1H3,(H,19,20). The molecule has 0 fully saturated rings. The Morgan fingerprint density at radius 2 is 2.05 bits per heavy atom. The first-order chi connectivity index (χ1) is 9.56. The maximum Gasteiger partial charge on any atom is 0.337 e. The van der Waals surface area contributed by atoms with E-state index >= 15 is 0 Å². The molecule has 0 saturated carbocycles. The molecule has 0 unspecified atom stereocenters. The number of carbonyl (C=O) groups is 1. The lowest BCUT2D eigenvalue weighted by molar-refractivity contribution is 0.0696. The van der Waals surface area contributed by atoms with Gasteiger partial charge in [0.15, 0.2) is 11.5 Å². The number of hydrogen-bond acceptors (Lipinski definition) is 3. The molecule has 0 radical (unpaired) electrons. The number of halogens is 1. The van der Waals surface area contributed by atoms with Gasteiger partial charge >= 0.3 is 5.97 Å². The topological polar surface area (TPSA) is 67.5 Å². The van der Waals surface area contributed by atoms with Crippen LogP contribution in [-0.2, 0) is 0 Å². The number of hydrogen-bond donors (Lipinski definition) is 1. The van der Waals surface area contributed by atoms with Gasteiger partial charge in [-0.15, -0.1) is 10.2 Å². The number of carboxylic acids is 1. The molecule has 100 valence electrons. The molecule has 3 aromatic rings. The molecule has 0 aliphatic rings. The van der Waals surface area contributed by atoms with E-state index < -0.39 is 5.97 Å². The van der Waals surface area contributed by atoms with E-state index in [4.69, 9.17) is 5.11 Å². The summed E-state index contributed by atoms with van der Waals surface area (Å²) in [6.45, 7) is 1.67. The van der Waals surface area contributed by atoms with Crippen molar-refractivity contribution < 1.29 is 14.3 Å². The number of fused-ring (bicyclic) bond motifs is 1. The first-order valence-corrected chi connectivity index (χ1v) is 5.91. The summed E-state index contributed by atoms with van der Waals surface area (Å²) < 4.78 is 15.2. The van der Waals surface area contributed by atoms with E-state index in [2.05, 4.69) is 10.2 Å². The molecule has 0 saturated heterocycles. The summed E-state index contributed by atoms with van der Waals surface area (Å²) >= 11 is 0. The molecule has 0 aliphatic carbocycles. The van der Waals surface area contributed by atoms with E-state index in [1.807, 2.05) is 0 Å². The summed E-state index contributed by atoms with van der Waals surface area (Å²) in [4.78, 5) is 11.0. The minimum Gasteiger partial charge on any atom is -0.478 e. The Kier molecular flexibility index (Phi) is 2.71. The van der Waals surface area contributed by atoms with Crippen molar-refractivity contribution in [1.29, 1.82) is 0 Å². The third-order valence-corrected chi connectivity index (χ3v) is 3.08. The van der Waals surface area contributed by atoms with Crippen LogP contribution in [0.1, 0.15) is 15.9 Å². The van der Waals surface area contributed by atoms with Crippen LogP contribution in [0.4, 0.5) is 4.39 Å². The van der Waals surface area contributed by atoms with Crippen molar-refractivity contribution in [1.82, 2.24) is 14.6 Å².